The molecule has 1 unspecified atom stereocenters. The maximum absolute atomic E-state index is 9.89. The van der Waals surface area contributed by atoms with Gasteiger partial charge in [-0.1, -0.05) is 42.5 Å². The number of rotatable bonds is 4. The smallest absolute Gasteiger partial charge is 0.186 e. The van der Waals surface area contributed by atoms with Gasteiger partial charge in [-0.05, 0) is 19.4 Å². The molecule has 1 aliphatic heterocycles. The lowest BCUT2D eigenvalue weighted by Gasteiger charge is -2.07. The van der Waals surface area contributed by atoms with Crippen LogP contribution in [0, 0.1) is 0 Å². The summed E-state index contributed by atoms with van der Waals surface area (Å²) in [5.41, 5.74) is 0.921. The Morgan fingerprint density at radius 3 is 2.72 bits per heavy atom. The summed E-state index contributed by atoms with van der Waals surface area (Å²) in [5.74, 6) is 0.644. The van der Waals surface area contributed by atoms with E-state index in [9.17, 15) is 5.11 Å². The van der Waals surface area contributed by atoms with Crippen molar-refractivity contribution in [1.82, 2.24) is 0 Å². The van der Waals surface area contributed by atoms with Crippen molar-refractivity contribution in [1.29, 1.82) is 0 Å². The van der Waals surface area contributed by atoms with E-state index in [1.165, 1.54) is 0 Å². The molecule has 0 aromatic heterocycles. The zero-order chi connectivity index (χ0) is 13.0. The first kappa shape index (κ1) is 12.8. The summed E-state index contributed by atoms with van der Waals surface area (Å²) in [4.78, 5) is 4.42. The summed E-state index contributed by atoms with van der Waals surface area (Å²) in [5, 5.41) is 9.89. The van der Waals surface area contributed by atoms with Crippen molar-refractivity contribution in [2.45, 2.75) is 31.9 Å². The van der Waals surface area contributed by atoms with Gasteiger partial charge in [-0.3, -0.25) is 0 Å². The van der Waals surface area contributed by atoms with Crippen molar-refractivity contribution in [2.75, 3.05) is 6.61 Å². The third-order valence-corrected chi connectivity index (χ3v) is 2.71. The van der Waals surface area contributed by atoms with Gasteiger partial charge < -0.3 is 9.84 Å². The van der Waals surface area contributed by atoms with Gasteiger partial charge in [-0.25, -0.2) is 4.99 Å². The van der Waals surface area contributed by atoms with Crippen molar-refractivity contribution in [3.63, 3.8) is 0 Å². The van der Waals surface area contributed by atoms with E-state index in [1.54, 1.807) is 6.08 Å². The van der Waals surface area contributed by atoms with Crippen molar-refractivity contribution in [3.8, 4) is 0 Å². The topological polar surface area (TPSA) is 41.8 Å². The molecule has 0 aliphatic carbocycles. The molecule has 1 aromatic rings. The Morgan fingerprint density at radius 1 is 1.39 bits per heavy atom. The van der Waals surface area contributed by atoms with Crippen LogP contribution in [0.25, 0.3) is 6.08 Å². The molecule has 0 spiro atoms. The van der Waals surface area contributed by atoms with Gasteiger partial charge in [0.05, 0.1) is 18.1 Å². The fourth-order valence-electron chi connectivity index (χ4n) is 1.80. The first-order chi connectivity index (χ1) is 8.55. The van der Waals surface area contributed by atoms with Crippen LogP contribution in [0.3, 0.4) is 0 Å². The molecule has 0 saturated heterocycles. The molecule has 3 heteroatoms. The van der Waals surface area contributed by atoms with E-state index in [-0.39, 0.29) is 5.54 Å². The highest BCUT2D eigenvalue weighted by Gasteiger charge is 2.26. The summed E-state index contributed by atoms with van der Waals surface area (Å²) in [6, 6.07) is 9.90. The van der Waals surface area contributed by atoms with Crippen LogP contribution in [-0.4, -0.2) is 29.3 Å². The minimum Gasteiger partial charge on any atom is -0.478 e. The normalized spacial score (nSPS) is 19.6. The maximum atomic E-state index is 9.89. The lowest BCUT2D eigenvalue weighted by Crippen LogP contribution is -2.17. The molecule has 1 aromatic carbocycles. The minimum absolute atomic E-state index is 0.155. The van der Waals surface area contributed by atoms with Gasteiger partial charge in [0.25, 0.3) is 0 Å². The van der Waals surface area contributed by atoms with E-state index in [1.807, 2.05) is 50.3 Å². The fraction of sp³-hybridized carbons (Fsp3) is 0.400. The number of aliphatic hydroxyl groups excluding tert-OH is 1. The molecule has 1 aliphatic rings. The molecule has 0 radical (unpaired) electrons. The third-order valence-electron chi connectivity index (χ3n) is 2.71. The van der Waals surface area contributed by atoms with E-state index in [0.29, 0.717) is 18.9 Å². The number of aliphatic hydroxyl groups is 1. The van der Waals surface area contributed by atoms with Crippen molar-refractivity contribution >= 4 is 12.0 Å². The first-order valence-electron chi connectivity index (χ1n) is 6.18. The van der Waals surface area contributed by atoms with Crippen molar-refractivity contribution < 1.29 is 9.84 Å². The van der Waals surface area contributed by atoms with Gasteiger partial charge >= 0.3 is 0 Å². The highest BCUT2D eigenvalue weighted by molar-refractivity contribution is 5.79. The Labute approximate surface area is 108 Å². The minimum atomic E-state index is -0.558. The van der Waals surface area contributed by atoms with Crippen LogP contribution in [0.15, 0.2) is 41.4 Å². The Balaban J connectivity index is 1.90. The van der Waals surface area contributed by atoms with Crippen LogP contribution < -0.4 is 0 Å². The van der Waals surface area contributed by atoms with Gasteiger partial charge in [0.1, 0.15) is 6.61 Å². The molecule has 0 bridgehead atoms. The number of hydrogen-bond acceptors (Lipinski definition) is 3. The van der Waals surface area contributed by atoms with Crippen LogP contribution in [-0.2, 0) is 4.74 Å². The van der Waals surface area contributed by atoms with E-state index >= 15 is 0 Å². The monoisotopic (exact) mass is 245 g/mol. The quantitative estimate of drug-likeness (QED) is 0.886. The Hall–Kier alpha value is -1.61. The number of ether oxygens (including phenoxy) is 1. The molecular formula is C15H19NO2. The summed E-state index contributed by atoms with van der Waals surface area (Å²) in [7, 11) is 0. The standard InChI is InChI=1S/C15H19NO2/c1-15(2)11-18-14(16-15)10-13(17)9-8-12-6-4-3-5-7-12/h3-9,13,17H,10-11H2,1-2H3/b9-8+. The second-order valence-corrected chi connectivity index (χ2v) is 5.15. The van der Waals surface area contributed by atoms with Gasteiger partial charge in [0, 0.05) is 0 Å². The number of benzene rings is 1. The lowest BCUT2D eigenvalue weighted by molar-refractivity contribution is 0.214. The van der Waals surface area contributed by atoms with E-state index in [2.05, 4.69) is 4.99 Å². The summed E-state index contributed by atoms with van der Waals surface area (Å²) < 4.78 is 5.45. The number of nitrogens with zero attached hydrogens (tertiary/aromatic N) is 1. The summed E-state index contributed by atoms with van der Waals surface area (Å²) in [6.45, 7) is 4.63. The number of aliphatic imine (C=N–C) groups is 1. The van der Waals surface area contributed by atoms with Crippen molar-refractivity contribution in [3.05, 3.63) is 42.0 Å². The second-order valence-electron chi connectivity index (χ2n) is 5.15. The first-order valence-corrected chi connectivity index (χ1v) is 6.18. The van der Waals surface area contributed by atoms with Crippen LogP contribution in [0.5, 0.6) is 0 Å². The maximum Gasteiger partial charge on any atom is 0.186 e. The molecule has 2 rings (SSSR count). The fourth-order valence-corrected chi connectivity index (χ4v) is 1.80. The Morgan fingerprint density at radius 2 is 2.11 bits per heavy atom. The average molecular weight is 245 g/mol. The molecule has 1 N–H and O–H groups in total. The number of hydrogen-bond donors (Lipinski definition) is 1. The van der Waals surface area contributed by atoms with Crippen LogP contribution in [0.1, 0.15) is 25.8 Å². The van der Waals surface area contributed by atoms with Gasteiger partial charge in [0.2, 0.25) is 0 Å². The zero-order valence-electron chi connectivity index (χ0n) is 10.8. The van der Waals surface area contributed by atoms with Gasteiger partial charge in [0.15, 0.2) is 5.90 Å². The summed E-state index contributed by atoms with van der Waals surface area (Å²) >= 11 is 0. The predicted molar refractivity (Wildman–Crippen MR) is 73.6 cm³/mol. The molecular weight excluding hydrogens is 226 g/mol. The van der Waals surface area contributed by atoms with E-state index in [4.69, 9.17) is 4.74 Å². The molecule has 1 atom stereocenters. The Bertz CT molecular complexity index is 449. The van der Waals surface area contributed by atoms with E-state index in [0.717, 1.165) is 5.56 Å². The van der Waals surface area contributed by atoms with Gasteiger partial charge in [-0.2, -0.15) is 0 Å². The SMILES string of the molecule is CC1(C)COC(CC(O)/C=C/c2ccccc2)=N1. The Kier molecular flexibility index (Phi) is 3.82. The third kappa shape index (κ3) is 3.70. The molecule has 3 nitrogen and oxygen atoms in total. The van der Waals surface area contributed by atoms with E-state index < -0.39 is 6.10 Å². The average Bonchev–Trinajstić information content (AvgIpc) is 2.67. The molecule has 1 heterocycles. The zero-order valence-corrected chi connectivity index (χ0v) is 10.8. The van der Waals surface area contributed by atoms with Crippen LogP contribution >= 0.6 is 0 Å². The predicted octanol–water partition coefficient (Wildman–Crippen LogP) is 2.66. The lowest BCUT2D eigenvalue weighted by atomic mass is 10.1. The molecule has 0 saturated carbocycles. The molecule has 18 heavy (non-hydrogen) atoms. The van der Waals surface area contributed by atoms with Gasteiger partial charge in [-0.15, -0.1) is 0 Å². The molecule has 0 amide bonds. The highest BCUT2D eigenvalue weighted by Crippen LogP contribution is 2.19. The van der Waals surface area contributed by atoms with Crippen LogP contribution in [0.4, 0.5) is 0 Å². The molecule has 0 fully saturated rings. The molecule has 96 valence electrons. The second kappa shape index (κ2) is 5.36. The van der Waals surface area contributed by atoms with Crippen molar-refractivity contribution in [2.24, 2.45) is 4.99 Å². The van der Waals surface area contributed by atoms with Crippen LogP contribution in [0.2, 0.25) is 0 Å². The summed E-state index contributed by atoms with van der Waals surface area (Å²) in [6.07, 6.45) is 3.56. The largest absolute Gasteiger partial charge is 0.478 e. The highest BCUT2D eigenvalue weighted by atomic mass is 16.5.